The zero-order chi connectivity index (χ0) is 7.98. The summed E-state index contributed by atoms with van der Waals surface area (Å²) >= 11 is 0. The van der Waals surface area contributed by atoms with Gasteiger partial charge in [0.15, 0.2) is 0 Å². The molecule has 0 saturated heterocycles. The molecule has 1 N–H and O–H groups in total. The molecule has 0 rings (SSSR count). The Bertz CT molecular complexity index is 69.1. The molecule has 0 spiro atoms. The van der Waals surface area contributed by atoms with Crippen LogP contribution in [0.3, 0.4) is 0 Å². The summed E-state index contributed by atoms with van der Waals surface area (Å²) in [5.41, 5.74) is 0. The van der Waals surface area contributed by atoms with Crippen LogP contribution in [0.5, 0.6) is 0 Å². The zero-order valence-electron chi connectivity index (χ0n) is 7.78. The molecular formula is C9H21N. The predicted octanol–water partition coefficient (Wildman–Crippen LogP) is 2.42. The lowest BCUT2D eigenvalue weighted by Crippen LogP contribution is -2.30. The van der Waals surface area contributed by atoms with Crippen LogP contribution in [-0.2, 0) is 0 Å². The molecular weight excluding hydrogens is 122 g/mol. The minimum Gasteiger partial charge on any atom is -0.317 e. The fraction of sp³-hybridized carbons (Fsp3) is 1.00. The first kappa shape index (κ1) is 9.96. The second-order valence-corrected chi connectivity index (χ2v) is 3.28. The number of rotatable bonds is 5. The van der Waals surface area contributed by atoms with E-state index in [-0.39, 0.29) is 0 Å². The molecule has 0 aliphatic carbocycles. The maximum absolute atomic E-state index is 3.34. The van der Waals surface area contributed by atoms with Crippen LogP contribution in [0.4, 0.5) is 0 Å². The molecule has 0 aliphatic rings. The van der Waals surface area contributed by atoms with E-state index in [1.807, 2.05) is 0 Å². The fourth-order valence-corrected chi connectivity index (χ4v) is 1.24. The highest BCUT2D eigenvalue weighted by Gasteiger charge is 2.08. The summed E-state index contributed by atoms with van der Waals surface area (Å²) in [6.45, 7) is 6.79. The molecule has 0 radical (unpaired) electrons. The quantitative estimate of drug-likeness (QED) is 0.623. The molecule has 0 aromatic rings. The van der Waals surface area contributed by atoms with Crippen molar-refractivity contribution in [2.75, 3.05) is 7.05 Å². The molecule has 1 nitrogen and oxygen atoms in total. The average Bonchev–Trinajstić information content (AvgIpc) is 1.89. The van der Waals surface area contributed by atoms with E-state index in [1.165, 1.54) is 19.3 Å². The molecule has 10 heavy (non-hydrogen) atoms. The molecule has 1 atom stereocenters. The van der Waals surface area contributed by atoms with E-state index in [4.69, 9.17) is 0 Å². The van der Waals surface area contributed by atoms with Gasteiger partial charge in [-0.05, 0) is 19.4 Å². The minimum atomic E-state index is 0.722. The van der Waals surface area contributed by atoms with Crippen LogP contribution in [0.1, 0.15) is 40.0 Å². The Morgan fingerprint density at radius 3 is 2.20 bits per heavy atom. The molecule has 0 aromatic heterocycles. The highest BCUT2D eigenvalue weighted by atomic mass is 14.9. The smallest absolute Gasteiger partial charge is 0.00870 e. The minimum absolute atomic E-state index is 0.722. The lowest BCUT2D eigenvalue weighted by molar-refractivity contribution is 0.392. The van der Waals surface area contributed by atoms with E-state index in [2.05, 4.69) is 33.1 Å². The average molecular weight is 143 g/mol. The largest absolute Gasteiger partial charge is 0.317 e. The molecule has 0 aromatic carbocycles. The van der Waals surface area contributed by atoms with Gasteiger partial charge in [0.25, 0.3) is 0 Å². The Labute approximate surface area is 65.2 Å². The number of hydrogen-bond acceptors (Lipinski definition) is 1. The molecule has 62 valence electrons. The van der Waals surface area contributed by atoms with Crippen molar-refractivity contribution in [1.82, 2.24) is 5.32 Å². The molecule has 0 aliphatic heterocycles. The Morgan fingerprint density at radius 2 is 1.90 bits per heavy atom. The lowest BCUT2D eigenvalue weighted by atomic mass is 9.99. The van der Waals surface area contributed by atoms with Gasteiger partial charge in [0, 0.05) is 6.04 Å². The SMILES string of the molecule is CCCCC(NC)C(C)C. The lowest BCUT2D eigenvalue weighted by Gasteiger charge is -2.19. The number of hydrogen-bond donors (Lipinski definition) is 1. The van der Waals surface area contributed by atoms with Crippen molar-refractivity contribution in [2.45, 2.75) is 46.1 Å². The van der Waals surface area contributed by atoms with Gasteiger partial charge < -0.3 is 5.32 Å². The van der Waals surface area contributed by atoms with Crippen LogP contribution in [0.2, 0.25) is 0 Å². The van der Waals surface area contributed by atoms with E-state index >= 15 is 0 Å². The van der Waals surface area contributed by atoms with Crippen molar-refractivity contribution in [3.8, 4) is 0 Å². The third-order valence-corrected chi connectivity index (χ3v) is 2.04. The third-order valence-electron chi connectivity index (χ3n) is 2.04. The summed E-state index contributed by atoms with van der Waals surface area (Å²) in [5, 5.41) is 3.34. The van der Waals surface area contributed by atoms with Gasteiger partial charge in [-0.3, -0.25) is 0 Å². The molecule has 1 heteroatoms. The van der Waals surface area contributed by atoms with E-state index in [0.29, 0.717) is 0 Å². The van der Waals surface area contributed by atoms with Crippen LogP contribution in [0.25, 0.3) is 0 Å². The molecule has 1 unspecified atom stereocenters. The first-order valence-electron chi connectivity index (χ1n) is 4.39. The van der Waals surface area contributed by atoms with Crippen LogP contribution in [0, 0.1) is 5.92 Å². The summed E-state index contributed by atoms with van der Waals surface area (Å²) in [4.78, 5) is 0. The Hall–Kier alpha value is -0.0400. The molecule has 0 amide bonds. The molecule has 0 fully saturated rings. The highest BCUT2D eigenvalue weighted by molar-refractivity contribution is 4.67. The summed E-state index contributed by atoms with van der Waals surface area (Å²) in [7, 11) is 2.06. The maximum Gasteiger partial charge on any atom is 0.00870 e. The zero-order valence-corrected chi connectivity index (χ0v) is 7.78. The van der Waals surface area contributed by atoms with Gasteiger partial charge in [0.1, 0.15) is 0 Å². The molecule has 0 heterocycles. The Kier molecular flexibility index (Phi) is 5.70. The summed E-state index contributed by atoms with van der Waals surface area (Å²) in [6, 6.07) is 0.722. The van der Waals surface area contributed by atoms with Gasteiger partial charge in [-0.15, -0.1) is 0 Å². The van der Waals surface area contributed by atoms with Crippen LogP contribution in [-0.4, -0.2) is 13.1 Å². The van der Waals surface area contributed by atoms with E-state index in [1.54, 1.807) is 0 Å². The van der Waals surface area contributed by atoms with E-state index < -0.39 is 0 Å². The standard InChI is InChI=1S/C9H21N/c1-5-6-7-9(10-4)8(2)3/h8-10H,5-7H2,1-4H3. The van der Waals surface area contributed by atoms with Crippen molar-refractivity contribution in [2.24, 2.45) is 5.92 Å². The summed E-state index contributed by atoms with van der Waals surface area (Å²) < 4.78 is 0. The second-order valence-electron chi connectivity index (χ2n) is 3.28. The van der Waals surface area contributed by atoms with Crippen LogP contribution in [0.15, 0.2) is 0 Å². The normalized spacial score (nSPS) is 14.1. The number of nitrogens with one attached hydrogen (secondary N) is 1. The number of unbranched alkanes of at least 4 members (excludes halogenated alkanes) is 1. The van der Waals surface area contributed by atoms with Crippen LogP contribution < -0.4 is 5.32 Å². The highest BCUT2D eigenvalue weighted by Crippen LogP contribution is 2.08. The first-order valence-corrected chi connectivity index (χ1v) is 4.39. The molecule has 0 bridgehead atoms. The second kappa shape index (κ2) is 5.72. The van der Waals surface area contributed by atoms with Crippen molar-refractivity contribution in [3.63, 3.8) is 0 Å². The van der Waals surface area contributed by atoms with E-state index in [0.717, 1.165) is 12.0 Å². The Balaban J connectivity index is 3.40. The topological polar surface area (TPSA) is 12.0 Å². The van der Waals surface area contributed by atoms with Crippen molar-refractivity contribution >= 4 is 0 Å². The van der Waals surface area contributed by atoms with Gasteiger partial charge >= 0.3 is 0 Å². The maximum atomic E-state index is 3.34. The van der Waals surface area contributed by atoms with Gasteiger partial charge in [-0.2, -0.15) is 0 Å². The van der Waals surface area contributed by atoms with Crippen molar-refractivity contribution < 1.29 is 0 Å². The van der Waals surface area contributed by atoms with E-state index in [9.17, 15) is 0 Å². The van der Waals surface area contributed by atoms with Crippen molar-refractivity contribution in [3.05, 3.63) is 0 Å². The van der Waals surface area contributed by atoms with Gasteiger partial charge in [-0.25, -0.2) is 0 Å². The van der Waals surface area contributed by atoms with Gasteiger partial charge in [0.05, 0.1) is 0 Å². The first-order chi connectivity index (χ1) is 4.72. The van der Waals surface area contributed by atoms with Gasteiger partial charge in [0.2, 0.25) is 0 Å². The van der Waals surface area contributed by atoms with Gasteiger partial charge in [-0.1, -0.05) is 33.6 Å². The third kappa shape index (κ3) is 3.89. The predicted molar refractivity (Wildman–Crippen MR) is 47.2 cm³/mol. The van der Waals surface area contributed by atoms with Crippen molar-refractivity contribution in [1.29, 1.82) is 0 Å². The summed E-state index contributed by atoms with van der Waals surface area (Å²) in [6.07, 6.45) is 3.99. The monoisotopic (exact) mass is 143 g/mol. The Morgan fingerprint density at radius 1 is 1.30 bits per heavy atom. The summed E-state index contributed by atoms with van der Waals surface area (Å²) in [5.74, 6) is 0.775. The molecule has 0 saturated carbocycles. The van der Waals surface area contributed by atoms with Crippen LogP contribution >= 0.6 is 0 Å². The fourth-order valence-electron chi connectivity index (χ4n) is 1.24.